The summed E-state index contributed by atoms with van der Waals surface area (Å²) >= 11 is 0. The standard InChI is InChI=1S/C15H25N.3ClH.2H3N/c1-2-3-4-5-6-10-13-16-14-15-11-8-7-9-12-15;;;;;/h7-9,11-12,16H,2-6,10,13-14H2,1H3;3*1H;2*1H3. The third kappa shape index (κ3) is 20.0. The van der Waals surface area contributed by atoms with E-state index in [1.807, 2.05) is 0 Å². The summed E-state index contributed by atoms with van der Waals surface area (Å²) in [5.74, 6) is 0. The number of hydrogen-bond acceptors (Lipinski definition) is 0. The third-order valence-corrected chi connectivity index (χ3v) is 2.98. The van der Waals surface area contributed by atoms with Gasteiger partial charge in [-0.25, -0.2) is 0 Å². The molecule has 3 nitrogen and oxygen atoms in total. The fraction of sp³-hybridized carbons (Fsp3) is 0.600. The maximum absolute atomic E-state index is 2.43. The molecule has 6 heteroatoms. The molecule has 10 N–H and O–H groups in total. The van der Waals surface area contributed by atoms with Crippen LogP contribution in [0.15, 0.2) is 30.3 Å². The van der Waals surface area contributed by atoms with Crippen molar-refractivity contribution in [2.24, 2.45) is 0 Å². The van der Waals surface area contributed by atoms with Crippen LogP contribution >= 0.6 is 0 Å². The normalized spacial score (nSPS) is 8.05. The molecule has 0 aliphatic rings. The van der Waals surface area contributed by atoms with E-state index in [-0.39, 0.29) is 49.5 Å². The molecule has 0 aromatic heterocycles. The Morgan fingerprint density at radius 2 is 1.29 bits per heavy atom. The van der Waals surface area contributed by atoms with E-state index in [1.165, 1.54) is 50.6 Å². The van der Waals surface area contributed by atoms with Crippen molar-refractivity contribution in [2.75, 3.05) is 6.54 Å². The smallest absolute Gasteiger partial charge is 0.101 e. The van der Waals surface area contributed by atoms with Crippen molar-refractivity contribution in [3.63, 3.8) is 0 Å². The SMILES string of the molecule is CCCCCCCC[NH2+]Cc1ccccc1.[Cl-].[Cl-].[Cl-].[NH4+].[NH4+]. The highest BCUT2D eigenvalue weighted by Crippen LogP contribution is 2.03. The van der Waals surface area contributed by atoms with Crippen LogP contribution in [0.1, 0.15) is 51.0 Å². The first-order chi connectivity index (χ1) is 7.93. The van der Waals surface area contributed by atoms with Gasteiger partial charge in [0.15, 0.2) is 0 Å². The minimum absolute atomic E-state index is 0. The third-order valence-electron chi connectivity index (χ3n) is 2.98. The van der Waals surface area contributed by atoms with E-state index in [0.717, 1.165) is 6.54 Å². The van der Waals surface area contributed by atoms with Crippen LogP contribution in [0.2, 0.25) is 0 Å². The summed E-state index contributed by atoms with van der Waals surface area (Å²) in [7, 11) is 0. The molecular formula is C15H34Cl3N3. The Bertz CT molecular complexity index is 262. The predicted molar refractivity (Wildman–Crippen MR) is 82.3 cm³/mol. The van der Waals surface area contributed by atoms with Crippen LogP contribution < -0.4 is 54.8 Å². The summed E-state index contributed by atoms with van der Waals surface area (Å²) in [6.45, 7) is 4.68. The number of halogens is 3. The van der Waals surface area contributed by atoms with Crippen molar-refractivity contribution in [1.29, 1.82) is 0 Å². The minimum Gasteiger partial charge on any atom is -1.00 e. The van der Waals surface area contributed by atoms with Gasteiger partial charge >= 0.3 is 0 Å². The molecule has 0 atom stereocenters. The molecule has 130 valence electrons. The first kappa shape index (κ1) is 32.8. The second-order valence-corrected chi connectivity index (χ2v) is 4.53. The molecule has 21 heavy (non-hydrogen) atoms. The highest BCUT2D eigenvalue weighted by atomic mass is 35.5. The van der Waals surface area contributed by atoms with Crippen LogP contribution in [0.25, 0.3) is 0 Å². The van der Waals surface area contributed by atoms with Gasteiger partial charge in [0.1, 0.15) is 6.54 Å². The van der Waals surface area contributed by atoms with E-state index in [0.29, 0.717) is 0 Å². The summed E-state index contributed by atoms with van der Waals surface area (Å²) < 4.78 is 0. The highest BCUT2D eigenvalue weighted by molar-refractivity contribution is 5.12. The van der Waals surface area contributed by atoms with Gasteiger partial charge in [0.05, 0.1) is 6.54 Å². The lowest BCUT2D eigenvalue weighted by atomic mass is 10.1. The van der Waals surface area contributed by atoms with Gasteiger partial charge in [-0.3, -0.25) is 0 Å². The molecule has 0 radical (unpaired) electrons. The van der Waals surface area contributed by atoms with E-state index < -0.39 is 0 Å². The summed E-state index contributed by atoms with van der Waals surface area (Å²) in [5, 5.41) is 2.43. The van der Waals surface area contributed by atoms with Crippen molar-refractivity contribution >= 4 is 0 Å². The average molecular weight is 363 g/mol. The molecule has 0 fully saturated rings. The van der Waals surface area contributed by atoms with Crippen molar-refractivity contribution in [3.05, 3.63) is 35.9 Å². The molecular weight excluding hydrogens is 329 g/mol. The number of rotatable bonds is 9. The maximum atomic E-state index is 2.43. The highest BCUT2D eigenvalue weighted by Gasteiger charge is 1.94. The van der Waals surface area contributed by atoms with E-state index >= 15 is 0 Å². The average Bonchev–Trinajstić information content (AvgIpc) is 2.34. The largest absolute Gasteiger partial charge is 1.00 e. The minimum atomic E-state index is 0. The zero-order chi connectivity index (χ0) is 11.5. The lowest BCUT2D eigenvalue weighted by molar-refractivity contribution is -0.671. The van der Waals surface area contributed by atoms with Crippen molar-refractivity contribution < 1.29 is 42.5 Å². The molecule has 0 aliphatic carbocycles. The van der Waals surface area contributed by atoms with Crippen LogP contribution in [0.5, 0.6) is 0 Å². The van der Waals surface area contributed by atoms with Gasteiger partial charge in [0.25, 0.3) is 0 Å². The molecule has 0 saturated heterocycles. The van der Waals surface area contributed by atoms with E-state index in [2.05, 4.69) is 42.6 Å². The van der Waals surface area contributed by atoms with Gasteiger partial charge in [-0.2, -0.15) is 0 Å². The topological polar surface area (TPSA) is 89.6 Å². The Morgan fingerprint density at radius 3 is 1.86 bits per heavy atom. The molecule has 0 saturated carbocycles. The maximum Gasteiger partial charge on any atom is 0.101 e. The van der Waals surface area contributed by atoms with Gasteiger partial charge in [0, 0.05) is 5.56 Å². The Labute approximate surface area is 149 Å². The van der Waals surface area contributed by atoms with E-state index in [4.69, 9.17) is 0 Å². The molecule has 1 rings (SSSR count). The van der Waals surface area contributed by atoms with Gasteiger partial charge in [-0.1, -0.05) is 62.9 Å². The van der Waals surface area contributed by atoms with Crippen LogP contribution in [0.4, 0.5) is 0 Å². The van der Waals surface area contributed by atoms with Crippen molar-refractivity contribution in [2.45, 2.75) is 52.0 Å². The zero-order valence-corrected chi connectivity index (χ0v) is 16.0. The Balaban J connectivity index is -0.000000171. The summed E-state index contributed by atoms with van der Waals surface area (Å²) in [5.41, 5.74) is 1.44. The molecule has 0 unspecified atom stereocenters. The van der Waals surface area contributed by atoms with Crippen LogP contribution in [0, 0.1) is 0 Å². The van der Waals surface area contributed by atoms with Crippen LogP contribution in [-0.2, 0) is 6.54 Å². The molecule has 0 spiro atoms. The zero-order valence-electron chi connectivity index (χ0n) is 13.8. The van der Waals surface area contributed by atoms with Gasteiger partial charge in [0.2, 0.25) is 0 Å². The molecule has 0 heterocycles. The first-order valence-electron chi connectivity index (χ1n) is 6.79. The molecule has 0 amide bonds. The summed E-state index contributed by atoms with van der Waals surface area (Å²) in [6, 6.07) is 10.7. The number of hydrogen-bond donors (Lipinski definition) is 3. The molecule has 0 aliphatic heterocycles. The second kappa shape index (κ2) is 25.0. The predicted octanol–water partition coefficient (Wildman–Crippen LogP) is -5.13. The van der Waals surface area contributed by atoms with Gasteiger partial charge in [-0.05, 0) is 12.8 Å². The van der Waals surface area contributed by atoms with E-state index in [1.54, 1.807) is 0 Å². The lowest BCUT2D eigenvalue weighted by Crippen LogP contribution is -3.00. The fourth-order valence-corrected chi connectivity index (χ4v) is 1.95. The lowest BCUT2D eigenvalue weighted by Gasteiger charge is -2.02. The summed E-state index contributed by atoms with van der Waals surface area (Å²) in [4.78, 5) is 0. The van der Waals surface area contributed by atoms with Crippen molar-refractivity contribution in [1.82, 2.24) is 12.3 Å². The molecule has 0 bridgehead atoms. The van der Waals surface area contributed by atoms with Crippen molar-refractivity contribution in [3.8, 4) is 0 Å². The summed E-state index contributed by atoms with van der Waals surface area (Å²) in [6.07, 6.45) is 8.39. The number of quaternary nitrogens is 3. The number of nitrogens with two attached hydrogens (primary N) is 1. The van der Waals surface area contributed by atoms with Gasteiger partial charge in [-0.15, -0.1) is 0 Å². The van der Waals surface area contributed by atoms with Crippen LogP contribution in [0.3, 0.4) is 0 Å². The first-order valence-corrected chi connectivity index (χ1v) is 6.79. The Morgan fingerprint density at radius 1 is 0.762 bits per heavy atom. The molecule has 1 aromatic rings. The monoisotopic (exact) mass is 361 g/mol. The Hall–Kier alpha value is -0.0300. The fourth-order valence-electron chi connectivity index (χ4n) is 1.95. The second-order valence-electron chi connectivity index (χ2n) is 4.53. The molecule has 1 aromatic carbocycles. The quantitative estimate of drug-likeness (QED) is 0.367. The number of unbranched alkanes of at least 4 members (excludes halogenated alkanes) is 5. The van der Waals surface area contributed by atoms with E-state index in [9.17, 15) is 0 Å². The van der Waals surface area contributed by atoms with Crippen LogP contribution in [-0.4, -0.2) is 6.54 Å². The number of benzene rings is 1. The van der Waals surface area contributed by atoms with Gasteiger partial charge < -0.3 is 54.8 Å². The Kier molecular flexibility index (Phi) is 39.0.